The zero-order valence-electron chi connectivity index (χ0n) is 21.7. The number of unbranched alkanes of at least 4 members (excludes halogenated alkanes) is 3. The van der Waals surface area contributed by atoms with E-state index in [1.165, 1.54) is 0 Å². The molecule has 0 aromatic heterocycles. The van der Waals surface area contributed by atoms with Crippen molar-refractivity contribution in [2.75, 3.05) is 31.1 Å². The molecule has 1 N–H and O–H groups in total. The van der Waals surface area contributed by atoms with Crippen molar-refractivity contribution in [3.63, 3.8) is 0 Å². The third-order valence-electron chi connectivity index (χ3n) is 8.19. The Kier molecular flexibility index (Phi) is 7.50. The summed E-state index contributed by atoms with van der Waals surface area (Å²) in [7, 11) is 0. The van der Waals surface area contributed by atoms with Crippen LogP contribution in [0.25, 0.3) is 0 Å². The van der Waals surface area contributed by atoms with Crippen LogP contribution in [0.3, 0.4) is 0 Å². The first-order valence-corrected chi connectivity index (χ1v) is 14.4. The quantitative estimate of drug-likeness (QED) is 0.418. The standard InChI is InChI=1S/C29H37N3O4S/c1-20(2)30-18-11-15-29-24(27(35)32(25(29)28(30)36)16-8-3-4-9-19-33)23-22(37-29)14-10-17-31(26(23)34)21-12-6-5-7-13-21/h5-7,10-15,20,22-25,33H,3-4,8-9,16-19H2,1-2H3/t22-,23+,24+,25?,29+/m1/s1. The smallest absolute Gasteiger partial charge is 0.247 e. The van der Waals surface area contributed by atoms with Gasteiger partial charge in [0.05, 0.1) is 16.6 Å². The molecule has 1 unspecified atom stereocenters. The fourth-order valence-electron chi connectivity index (χ4n) is 6.45. The molecule has 5 atom stereocenters. The molecule has 37 heavy (non-hydrogen) atoms. The van der Waals surface area contributed by atoms with Crippen molar-refractivity contribution in [2.24, 2.45) is 11.8 Å². The largest absolute Gasteiger partial charge is 0.396 e. The first-order valence-electron chi connectivity index (χ1n) is 13.5. The molecule has 2 saturated heterocycles. The number of benzene rings is 1. The highest BCUT2D eigenvalue weighted by Gasteiger charge is 2.71. The number of aliphatic hydroxyl groups is 1. The monoisotopic (exact) mass is 523 g/mol. The van der Waals surface area contributed by atoms with E-state index >= 15 is 0 Å². The SMILES string of the molecule is CC(C)N1CC=C[C@]23S[C@@H]4C=CCN(c5ccccc5)C(=O)[C@@H]4[C@H]2C(=O)N(CCCCCCO)C3C1=O. The minimum atomic E-state index is -0.766. The summed E-state index contributed by atoms with van der Waals surface area (Å²) in [6.07, 6.45) is 11.5. The van der Waals surface area contributed by atoms with E-state index in [0.29, 0.717) is 19.6 Å². The number of nitrogens with zero attached hydrogens (tertiary/aromatic N) is 3. The molecule has 0 aliphatic carbocycles. The van der Waals surface area contributed by atoms with E-state index in [9.17, 15) is 14.4 Å². The normalized spacial score (nSPS) is 31.0. The highest BCUT2D eigenvalue weighted by molar-refractivity contribution is 8.02. The van der Waals surface area contributed by atoms with E-state index in [1.54, 1.807) is 21.6 Å². The minimum Gasteiger partial charge on any atom is -0.396 e. The summed E-state index contributed by atoms with van der Waals surface area (Å²) in [5.41, 5.74) is 0.824. The van der Waals surface area contributed by atoms with Crippen LogP contribution in [0.15, 0.2) is 54.6 Å². The Morgan fingerprint density at radius 1 is 0.973 bits per heavy atom. The molecule has 1 aromatic carbocycles. The van der Waals surface area contributed by atoms with Gasteiger partial charge in [0.2, 0.25) is 17.7 Å². The van der Waals surface area contributed by atoms with E-state index in [-0.39, 0.29) is 35.6 Å². The third kappa shape index (κ3) is 4.42. The van der Waals surface area contributed by atoms with Crippen molar-refractivity contribution in [2.45, 2.75) is 61.6 Å². The number of para-hydroxylation sites is 1. The molecule has 4 aliphatic rings. The van der Waals surface area contributed by atoms with Gasteiger partial charge in [-0.25, -0.2) is 0 Å². The predicted octanol–water partition coefficient (Wildman–Crippen LogP) is 3.25. The fraction of sp³-hybridized carbons (Fsp3) is 0.552. The first-order chi connectivity index (χ1) is 17.9. The average molecular weight is 524 g/mol. The molecule has 2 fully saturated rings. The van der Waals surface area contributed by atoms with Gasteiger partial charge in [-0.3, -0.25) is 14.4 Å². The Hall–Kier alpha value is -2.58. The van der Waals surface area contributed by atoms with Crippen LogP contribution in [-0.4, -0.2) is 80.9 Å². The second-order valence-corrected chi connectivity index (χ2v) is 12.2. The van der Waals surface area contributed by atoms with Crippen LogP contribution in [0.5, 0.6) is 0 Å². The summed E-state index contributed by atoms with van der Waals surface area (Å²) >= 11 is 1.63. The van der Waals surface area contributed by atoms with Crippen LogP contribution >= 0.6 is 11.8 Å². The van der Waals surface area contributed by atoms with E-state index in [2.05, 4.69) is 12.2 Å². The number of rotatable bonds is 8. The average Bonchev–Trinajstić information content (AvgIpc) is 3.19. The van der Waals surface area contributed by atoms with Crippen molar-refractivity contribution in [3.8, 4) is 0 Å². The molecule has 4 heterocycles. The van der Waals surface area contributed by atoms with Crippen LogP contribution in [0.1, 0.15) is 39.5 Å². The summed E-state index contributed by atoms with van der Waals surface area (Å²) < 4.78 is -0.766. The van der Waals surface area contributed by atoms with E-state index in [1.807, 2.05) is 61.2 Å². The van der Waals surface area contributed by atoms with E-state index < -0.39 is 22.6 Å². The molecule has 5 rings (SSSR count). The van der Waals surface area contributed by atoms with Gasteiger partial charge in [-0.05, 0) is 38.8 Å². The molecule has 8 heteroatoms. The number of amides is 3. The number of fused-ring (bicyclic) bond motifs is 2. The Morgan fingerprint density at radius 3 is 2.46 bits per heavy atom. The summed E-state index contributed by atoms with van der Waals surface area (Å²) in [5, 5.41) is 8.96. The number of aliphatic hydroxyl groups excluding tert-OH is 1. The van der Waals surface area contributed by atoms with Gasteiger partial charge in [0, 0.05) is 43.2 Å². The summed E-state index contributed by atoms with van der Waals surface area (Å²) in [6.45, 7) is 5.65. The molecule has 0 radical (unpaired) electrons. The van der Waals surface area contributed by atoms with Gasteiger partial charge in [-0.15, -0.1) is 11.8 Å². The number of likely N-dealkylation sites (tertiary alicyclic amines) is 1. The number of thioether (sulfide) groups is 1. The Bertz CT molecular complexity index is 1090. The van der Waals surface area contributed by atoms with Gasteiger partial charge in [0.15, 0.2) is 0 Å². The van der Waals surface area contributed by atoms with Crippen molar-refractivity contribution in [3.05, 3.63) is 54.6 Å². The second kappa shape index (κ2) is 10.7. The zero-order valence-corrected chi connectivity index (χ0v) is 22.5. The number of carbonyl (C=O) groups is 3. The molecular formula is C29H37N3O4S. The van der Waals surface area contributed by atoms with Gasteiger partial charge < -0.3 is 19.8 Å². The van der Waals surface area contributed by atoms with Crippen LogP contribution in [0, 0.1) is 11.8 Å². The van der Waals surface area contributed by atoms with Crippen molar-refractivity contribution < 1.29 is 19.5 Å². The van der Waals surface area contributed by atoms with Gasteiger partial charge in [-0.2, -0.15) is 0 Å². The van der Waals surface area contributed by atoms with Crippen molar-refractivity contribution in [1.82, 2.24) is 9.80 Å². The molecule has 198 valence electrons. The second-order valence-electron chi connectivity index (χ2n) is 10.7. The fourth-order valence-corrected chi connectivity index (χ4v) is 8.45. The highest BCUT2D eigenvalue weighted by atomic mass is 32.2. The molecule has 7 nitrogen and oxygen atoms in total. The summed E-state index contributed by atoms with van der Waals surface area (Å²) in [5.74, 6) is -1.25. The van der Waals surface area contributed by atoms with Crippen molar-refractivity contribution >= 4 is 35.2 Å². The minimum absolute atomic E-state index is 0.0137. The molecule has 1 aromatic rings. The van der Waals surface area contributed by atoms with Gasteiger partial charge in [0.25, 0.3) is 0 Å². The van der Waals surface area contributed by atoms with Gasteiger partial charge in [-0.1, -0.05) is 55.3 Å². The Morgan fingerprint density at radius 2 is 1.73 bits per heavy atom. The van der Waals surface area contributed by atoms with Crippen LogP contribution < -0.4 is 4.90 Å². The van der Waals surface area contributed by atoms with Gasteiger partial charge >= 0.3 is 0 Å². The first kappa shape index (κ1) is 26.0. The molecule has 3 amide bonds. The lowest BCUT2D eigenvalue weighted by Crippen LogP contribution is -2.54. The molecule has 0 bridgehead atoms. The van der Waals surface area contributed by atoms with E-state index in [4.69, 9.17) is 5.11 Å². The van der Waals surface area contributed by atoms with Gasteiger partial charge in [0.1, 0.15) is 6.04 Å². The molecular weight excluding hydrogens is 486 g/mol. The number of anilines is 1. The third-order valence-corrected chi connectivity index (χ3v) is 9.93. The lowest BCUT2D eigenvalue weighted by Gasteiger charge is -2.36. The number of carbonyl (C=O) groups excluding carboxylic acids is 3. The predicted molar refractivity (Wildman–Crippen MR) is 146 cm³/mol. The lowest BCUT2D eigenvalue weighted by molar-refractivity contribution is -0.143. The van der Waals surface area contributed by atoms with E-state index in [0.717, 1.165) is 31.4 Å². The van der Waals surface area contributed by atoms with Crippen molar-refractivity contribution in [1.29, 1.82) is 0 Å². The maximum Gasteiger partial charge on any atom is 0.247 e. The maximum atomic E-state index is 14.2. The van der Waals surface area contributed by atoms with Crippen LogP contribution in [0.2, 0.25) is 0 Å². The molecule has 0 saturated carbocycles. The number of hydrogen-bond acceptors (Lipinski definition) is 5. The molecule has 4 aliphatic heterocycles. The van der Waals surface area contributed by atoms with Crippen LogP contribution in [0.4, 0.5) is 5.69 Å². The maximum absolute atomic E-state index is 14.2. The summed E-state index contributed by atoms with van der Waals surface area (Å²) in [4.78, 5) is 47.8. The highest BCUT2D eigenvalue weighted by Crippen LogP contribution is 2.61. The lowest BCUT2D eigenvalue weighted by atomic mass is 9.78. The topological polar surface area (TPSA) is 81.2 Å². The zero-order chi connectivity index (χ0) is 26.2. The molecule has 1 spiro atoms. The van der Waals surface area contributed by atoms with Crippen LogP contribution in [-0.2, 0) is 14.4 Å². The Labute approximate surface area is 223 Å². The number of hydrogen-bond donors (Lipinski definition) is 1. The Balaban J connectivity index is 1.52. The summed E-state index contributed by atoms with van der Waals surface area (Å²) in [6, 6.07) is 9.02.